The van der Waals surface area contributed by atoms with Gasteiger partial charge in [0, 0.05) is 26.7 Å². The van der Waals surface area contributed by atoms with E-state index in [2.05, 4.69) is 17.7 Å². The van der Waals surface area contributed by atoms with Gasteiger partial charge in [0.1, 0.15) is 0 Å². The Morgan fingerprint density at radius 2 is 2.27 bits per heavy atom. The molecule has 0 fully saturated rings. The molecule has 0 aromatic carbocycles. The highest BCUT2D eigenvalue weighted by atomic mass is 32.1. The molecule has 0 aliphatic heterocycles. The third-order valence-electron chi connectivity index (χ3n) is 2.17. The van der Waals surface area contributed by atoms with Crippen LogP contribution in [0.5, 0.6) is 0 Å². The Labute approximate surface area is 95.3 Å². The zero-order chi connectivity index (χ0) is 11.4. The maximum Gasteiger partial charge on any atom is 0.268 e. The molecule has 0 aliphatic carbocycles. The number of hydrogen-bond donors (Lipinski definition) is 1. The van der Waals surface area contributed by atoms with Crippen LogP contribution >= 0.6 is 12.6 Å². The smallest absolute Gasteiger partial charge is 0.268 e. The fourth-order valence-corrected chi connectivity index (χ4v) is 1.27. The molecule has 1 atom stereocenters. The topological polar surface area (TPSA) is 38.1 Å². The molecule has 1 unspecified atom stereocenters. The second-order valence-corrected chi connectivity index (χ2v) is 4.28. The van der Waals surface area contributed by atoms with Crippen molar-refractivity contribution in [2.45, 2.75) is 13.5 Å². The van der Waals surface area contributed by atoms with Crippen LogP contribution < -0.4 is 10.5 Å². The van der Waals surface area contributed by atoms with Gasteiger partial charge in [-0.15, -0.1) is 0 Å². The van der Waals surface area contributed by atoms with E-state index in [4.69, 9.17) is 0 Å². The molecule has 1 heterocycles. The molecule has 0 radical (unpaired) electrons. The number of nitrogens with zero attached hydrogens (tertiary/aromatic N) is 3. The molecule has 0 saturated carbocycles. The monoisotopic (exact) mass is 227 g/mol. The lowest BCUT2D eigenvalue weighted by atomic mass is 10.2. The van der Waals surface area contributed by atoms with Crippen LogP contribution in [0.1, 0.15) is 6.92 Å². The standard InChI is InChI=1S/C10H17N3OS/c1-8(7-15)6-13-10(14)4-9(5-11-13)12(2)3/h4-5,8,15H,6-7H2,1-3H3. The lowest BCUT2D eigenvalue weighted by Crippen LogP contribution is -2.26. The fourth-order valence-electron chi connectivity index (χ4n) is 1.16. The molecule has 1 rings (SSSR count). The van der Waals surface area contributed by atoms with Crippen LogP contribution in [0.25, 0.3) is 0 Å². The van der Waals surface area contributed by atoms with Crippen LogP contribution in [0, 0.1) is 5.92 Å². The highest BCUT2D eigenvalue weighted by Gasteiger charge is 2.05. The summed E-state index contributed by atoms with van der Waals surface area (Å²) in [6.45, 7) is 2.66. The maximum atomic E-state index is 11.6. The first-order chi connectivity index (χ1) is 7.04. The lowest BCUT2D eigenvalue weighted by Gasteiger charge is -2.13. The average molecular weight is 227 g/mol. The summed E-state index contributed by atoms with van der Waals surface area (Å²) in [6, 6.07) is 1.60. The molecule has 0 spiro atoms. The highest BCUT2D eigenvalue weighted by Crippen LogP contribution is 2.05. The predicted octanol–water partition coefficient (Wildman–Crippen LogP) is 0.875. The molecule has 0 saturated heterocycles. The van der Waals surface area contributed by atoms with E-state index in [0.717, 1.165) is 11.4 Å². The second-order valence-electron chi connectivity index (χ2n) is 3.92. The first-order valence-corrected chi connectivity index (χ1v) is 5.53. The van der Waals surface area contributed by atoms with Gasteiger partial charge in [-0.3, -0.25) is 4.79 Å². The van der Waals surface area contributed by atoms with E-state index < -0.39 is 0 Å². The molecular formula is C10H17N3OS. The van der Waals surface area contributed by atoms with Gasteiger partial charge in [0.15, 0.2) is 0 Å². The molecule has 5 heteroatoms. The van der Waals surface area contributed by atoms with E-state index in [1.165, 1.54) is 4.68 Å². The number of aromatic nitrogens is 2. The van der Waals surface area contributed by atoms with Crippen molar-refractivity contribution in [3.8, 4) is 0 Å². The number of hydrogen-bond acceptors (Lipinski definition) is 4. The Kier molecular flexibility index (Phi) is 4.20. The molecule has 84 valence electrons. The van der Waals surface area contributed by atoms with Crippen LogP contribution in [0.3, 0.4) is 0 Å². The first-order valence-electron chi connectivity index (χ1n) is 4.90. The minimum Gasteiger partial charge on any atom is -0.376 e. The Balaban J connectivity index is 2.89. The molecule has 0 aliphatic rings. The van der Waals surface area contributed by atoms with E-state index >= 15 is 0 Å². The molecule has 1 aromatic heterocycles. The van der Waals surface area contributed by atoms with Gasteiger partial charge in [-0.25, -0.2) is 4.68 Å². The van der Waals surface area contributed by atoms with Gasteiger partial charge in [-0.1, -0.05) is 6.92 Å². The SMILES string of the molecule is CC(CS)Cn1ncc(N(C)C)cc1=O. The van der Waals surface area contributed by atoms with Gasteiger partial charge in [-0.2, -0.15) is 17.7 Å². The van der Waals surface area contributed by atoms with Gasteiger partial charge in [0.2, 0.25) is 0 Å². The van der Waals surface area contributed by atoms with Crippen LogP contribution in [-0.2, 0) is 6.54 Å². The molecule has 1 aromatic rings. The Morgan fingerprint density at radius 1 is 1.60 bits per heavy atom. The van der Waals surface area contributed by atoms with Crippen LogP contribution in [-0.4, -0.2) is 29.6 Å². The van der Waals surface area contributed by atoms with Gasteiger partial charge >= 0.3 is 0 Å². The van der Waals surface area contributed by atoms with Gasteiger partial charge in [-0.05, 0) is 11.7 Å². The molecule has 0 amide bonds. The van der Waals surface area contributed by atoms with Crippen molar-refractivity contribution >= 4 is 18.3 Å². The summed E-state index contributed by atoms with van der Waals surface area (Å²) in [5.74, 6) is 1.10. The first kappa shape index (κ1) is 12.1. The zero-order valence-corrected chi connectivity index (χ0v) is 10.2. The van der Waals surface area contributed by atoms with Crippen molar-refractivity contribution in [3.63, 3.8) is 0 Å². The van der Waals surface area contributed by atoms with Crippen LogP contribution in [0.4, 0.5) is 5.69 Å². The minimum atomic E-state index is -0.0603. The van der Waals surface area contributed by atoms with E-state index in [1.54, 1.807) is 12.3 Å². The van der Waals surface area contributed by atoms with Crippen molar-refractivity contribution in [1.29, 1.82) is 0 Å². The average Bonchev–Trinajstić information content (AvgIpc) is 2.20. The van der Waals surface area contributed by atoms with E-state index in [1.807, 2.05) is 25.9 Å². The summed E-state index contributed by atoms with van der Waals surface area (Å²) in [7, 11) is 3.77. The number of rotatable bonds is 4. The van der Waals surface area contributed by atoms with Gasteiger partial charge in [0.05, 0.1) is 11.9 Å². The second kappa shape index (κ2) is 5.21. The minimum absolute atomic E-state index is 0.0603. The predicted molar refractivity (Wildman–Crippen MR) is 65.8 cm³/mol. The van der Waals surface area contributed by atoms with E-state index in [0.29, 0.717) is 12.5 Å². The number of thiol groups is 1. The Hall–Kier alpha value is -0.970. The summed E-state index contributed by atoms with van der Waals surface area (Å²) in [5.41, 5.74) is 0.768. The van der Waals surface area contributed by atoms with Crippen molar-refractivity contribution in [3.05, 3.63) is 22.6 Å². The normalized spacial score (nSPS) is 12.5. The van der Waals surface area contributed by atoms with Gasteiger partial charge < -0.3 is 4.90 Å². The lowest BCUT2D eigenvalue weighted by molar-refractivity contribution is 0.470. The van der Waals surface area contributed by atoms with E-state index in [9.17, 15) is 4.79 Å². The summed E-state index contributed by atoms with van der Waals surface area (Å²) >= 11 is 4.18. The molecular weight excluding hydrogens is 210 g/mol. The number of anilines is 1. The summed E-state index contributed by atoms with van der Waals surface area (Å²) in [5, 5.41) is 4.12. The van der Waals surface area contributed by atoms with Gasteiger partial charge in [0.25, 0.3) is 5.56 Å². The van der Waals surface area contributed by atoms with Crippen molar-refractivity contribution in [2.24, 2.45) is 5.92 Å². The van der Waals surface area contributed by atoms with E-state index in [-0.39, 0.29) is 5.56 Å². The molecule has 0 N–H and O–H groups in total. The third-order valence-corrected chi connectivity index (χ3v) is 2.79. The molecule has 4 nitrogen and oxygen atoms in total. The quantitative estimate of drug-likeness (QED) is 0.776. The van der Waals surface area contributed by atoms with Crippen LogP contribution in [0.2, 0.25) is 0 Å². The highest BCUT2D eigenvalue weighted by molar-refractivity contribution is 7.80. The Bertz CT molecular complexity index is 375. The summed E-state index contributed by atoms with van der Waals surface area (Å²) < 4.78 is 1.48. The zero-order valence-electron chi connectivity index (χ0n) is 9.34. The van der Waals surface area contributed by atoms with Crippen molar-refractivity contribution in [2.75, 3.05) is 24.7 Å². The van der Waals surface area contributed by atoms with Crippen molar-refractivity contribution < 1.29 is 0 Å². The van der Waals surface area contributed by atoms with Crippen molar-refractivity contribution in [1.82, 2.24) is 9.78 Å². The largest absolute Gasteiger partial charge is 0.376 e. The third kappa shape index (κ3) is 3.27. The fraction of sp³-hybridized carbons (Fsp3) is 0.600. The molecule has 15 heavy (non-hydrogen) atoms. The Morgan fingerprint density at radius 3 is 2.73 bits per heavy atom. The summed E-state index contributed by atoms with van der Waals surface area (Å²) in [4.78, 5) is 13.5. The molecule has 0 bridgehead atoms. The summed E-state index contributed by atoms with van der Waals surface area (Å²) in [6.07, 6.45) is 1.70. The maximum absolute atomic E-state index is 11.6. The van der Waals surface area contributed by atoms with Crippen LogP contribution in [0.15, 0.2) is 17.1 Å².